The van der Waals surface area contributed by atoms with Gasteiger partial charge in [0.15, 0.2) is 11.6 Å². The number of aromatic nitrogens is 2. The number of hydrogen-bond donors (Lipinski definition) is 1. The maximum Gasteiger partial charge on any atom is 0.438 e. The molecule has 0 amide bonds. The van der Waals surface area contributed by atoms with Crippen molar-refractivity contribution in [3.05, 3.63) is 50.7 Å². The van der Waals surface area contributed by atoms with Crippen LogP contribution < -0.4 is 5.76 Å². The largest absolute Gasteiger partial charge is 0.438 e. The van der Waals surface area contributed by atoms with E-state index in [0.29, 0.717) is 22.8 Å². The normalized spacial score (nSPS) is 23.5. The van der Waals surface area contributed by atoms with Crippen LogP contribution in [-0.2, 0) is 6.54 Å². The van der Waals surface area contributed by atoms with Crippen LogP contribution in [0.25, 0.3) is 0 Å². The van der Waals surface area contributed by atoms with Crippen LogP contribution in [0.5, 0.6) is 0 Å². The topological polar surface area (TPSA) is 79.0 Å². The molecule has 6 nitrogen and oxygen atoms in total. The molecule has 1 aliphatic heterocycles. The molecule has 1 N–H and O–H groups in total. The van der Waals surface area contributed by atoms with E-state index in [-0.39, 0.29) is 17.6 Å². The lowest BCUT2D eigenvalue weighted by molar-refractivity contribution is 0.0964. The van der Waals surface area contributed by atoms with Gasteiger partial charge in [0.05, 0.1) is 0 Å². The van der Waals surface area contributed by atoms with E-state index >= 15 is 0 Å². The summed E-state index contributed by atoms with van der Waals surface area (Å²) >= 11 is 6.27. The lowest BCUT2D eigenvalue weighted by Gasteiger charge is -2.07. The van der Waals surface area contributed by atoms with Gasteiger partial charge in [0, 0.05) is 42.1 Å². The number of H-pyrrole nitrogens is 1. The maximum atomic E-state index is 12.5. The molecule has 7 heteroatoms. The highest BCUT2D eigenvalue weighted by atomic mass is 35.5. The number of ketones is 1. The first kappa shape index (κ1) is 13.7. The van der Waals surface area contributed by atoms with Gasteiger partial charge in [-0.1, -0.05) is 28.9 Å². The van der Waals surface area contributed by atoms with E-state index in [2.05, 4.69) is 19.6 Å². The van der Waals surface area contributed by atoms with Gasteiger partial charge in [-0.2, -0.15) is 0 Å². The average molecular weight is 320 g/mol. The standard InChI is InChI=1S/C15H14ClN3O3/c16-12-5-8(1-2-9(12)7-19-3-4-19)13(20)10-6-11(10)14-17-15(21)22-18-14/h1-2,5,10-11H,3-4,6-7H2,(H,17,18,21)/t10-,11-/m0/s1. The summed E-state index contributed by atoms with van der Waals surface area (Å²) in [5.41, 5.74) is 1.65. The first-order valence-electron chi connectivity index (χ1n) is 7.22. The number of hydrogen-bond acceptors (Lipinski definition) is 5. The van der Waals surface area contributed by atoms with Gasteiger partial charge in [0.1, 0.15) is 0 Å². The summed E-state index contributed by atoms with van der Waals surface area (Å²) < 4.78 is 4.48. The molecule has 114 valence electrons. The molecular weight excluding hydrogens is 306 g/mol. The second-order valence-electron chi connectivity index (χ2n) is 5.88. The summed E-state index contributed by atoms with van der Waals surface area (Å²) in [6, 6.07) is 5.49. The zero-order valence-electron chi connectivity index (χ0n) is 11.7. The third kappa shape index (κ3) is 2.60. The van der Waals surface area contributed by atoms with E-state index in [0.717, 1.165) is 25.2 Å². The quantitative estimate of drug-likeness (QED) is 0.671. The third-order valence-corrected chi connectivity index (χ3v) is 4.56. The lowest BCUT2D eigenvalue weighted by atomic mass is 10.0. The minimum absolute atomic E-state index is 0.0361. The monoisotopic (exact) mass is 319 g/mol. The second kappa shape index (κ2) is 5.07. The number of nitrogens with one attached hydrogen (secondary N) is 1. The Bertz CT molecular complexity index is 793. The van der Waals surface area contributed by atoms with Crippen LogP contribution in [0.2, 0.25) is 5.02 Å². The van der Waals surface area contributed by atoms with E-state index in [4.69, 9.17) is 11.6 Å². The molecule has 1 saturated heterocycles. The second-order valence-corrected chi connectivity index (χ2v) is 6.28. The van der Waals surface area contributed by atoms with Crippen molar-refractivity contribution in [1.82, 2.24) is 15.0 Å². The maximum absolute atomic E-state index is 12.5. The highest BCUT2D eigenvalue weighted by Gasteiger charge is 2.46. The molecule has 2 heterocycles. The molecule has 0 radical (unpaired) electrons. The number of Topliss-reactive ketones (excluding diaryl/α,β-unsaturated/α-hetero) is 1. The summed E-state index contributed by atoms with van der Waals surface area (Å²) in [4.78, 5) is 28.2. The van der Waals surface area contributed by atoms with Crippen molar-refractivity contribution in [3.63, 3.8) is 0 Å². The van der Waals surface area contributed by atoms with Gasteiger partial charge < -0.3 is 0 Å². The Morgan fingerprint density at radius 3 is 2.91 bits per heavy atom. The fraction of sp³-hybridized carbons (Fsp3) is 0.400. The molecule has 1 aliphatic carbocycles. The van der Waals surface area contributed by atoms with Crippen LogP contribution in [0.4, 0.5) is 0 Å². The van der Waals surface area contributed by atoms with Crippen molar-refractivity contribution in [2.45, 2.75) is 18.9 Å². The molecule has 22 heavy (non-hydrogen) atoms. The van der Waals surface area contributed by atoms with E-state index in [1.807, 2.05) is 12.1 Å². The Hall–Kier alpha value is -1.92. The Kier molecular flexibility index (Phi) is 3.16. The Morgan fingerprint density at radius 1 is 1.45 bits per heavy atom. The lowest BCUT2D eigenvalue weighted by Crippen LogP contribution is -2.06. The van der Waals surface area contributed by atoms with E-state index in [1.54, 1.807) is 6.07 Å². The predicted octanol–water partition coefficient (Wildman–Crippen LogP) is 1.82. The van der Waals surface area contributed by atoms with Crippen LogP contribution >= 0.6 is 11.6 Å². The fourth-order valence-electron chi connectivity index (χ4n) is 2.70. The van der Waals surface area contributed by atoms with Crippen molar-refractivity contribution in [2.75, 3.05) is 13.1 Å². The van der Waals surface area contributed by atoms with Gasteiger partial charge in [-0.05, 0) is 18.1 Å². The highest BCUT2D eigenvalue weighted by molar-refractivity contribution is 6.31. The van der Waals surface area contributed by atoms with Crippen LogP contribution in [0.3, 0.4) is 0 Å². The number of nitrogens with zero attached hydrogens (tertiary/aromatic N) is 2. The molecule has 1 saturated carbocycles. The fourth-order valence-corrected chi connectivity index (χ4v) is 2.94. The summed E-state index contributed by atoms with van der Waals surface area (Å²) in [5, 5.41) is 4.28. The van der Waals surface area contributed by atoms with Crippen molar-refractivity contribution in [3.8, 4) is 0 Å². The molecule has 1 aromatic carbocycles. The van der Waals surface area contributed by atoms with Gasteiger partial charge in [0.2, 0.25) is 0 Å². The molecule has 2 aliphatic rings. The van der Waals surface area contributed by atoms with Crippen LogP contribution in [0.15, 0.2) is 27.5 Å². The number of halogens is 1. The molecule has 0 unspecified atom stereocenters. The molecule has 2 atom stereocenters. The number of carbonyl (C=O) groups excluding carboxylic acids is 1. The smallest absolute Gasteiger partial charge is 0.296 e. The zero-order chi connectivity index (χ0) is 15.3. The SMILES string of the molecule is O=C(c1ccc(CN2CC2)c(Cl)c1)[C@H]1C[C@@H]1c1noc(=O)[nH]1. The zero-order valence-corrected chi connectivity index (χ0v) is 12.5. The Labute approximate surface area is 131 Å². The minimum Gasteiger partial charge on any atom is -0.296 e. The van der Waals surface area contributed by atoms with Crippen molar-refractivity contribution >= 4 is 17.4 Å². The van der Waals surface area contributed by atoms with E-state index < -0.39 is 5.76 Å². The molecular formula is C15H14ClN3O3. The summed E-state index contributed by atoms with van der Waals surface area (Å²) in [7, 11) is 0. The molecule has 2 fully saturated rings. The Balaban J connectivity index is 1.49. The van der Waals surface area contributed by atoms with Gasteiger partial charge in [-0.15, -0.1) is 0 Å². The van der Waals surface area contributed by atoms with E-state index in [9.17, 15) is 9.59 Å². The first-order chi connectivity index (χ1) is 10.6. The first-order valence-corrected chi connectivity index (χ1v) is 7.60. The average Bonchev–Trinajstić information content (AvgIpc) is 3.41. The van der Waals surface area contributed by atoms with Crippen LogP contribution in [0, 0.1) is 5.92 Å². The molecule has 2 aromatic rings. The van der Waals surface area contributed by atoms with Crippen molar-refractivity contribution in [1.29, 1.82) is 0 Å². The number of rotatable bonds is 5. The predicted molar refractivity (Wildman–Crippen MR) is 79.0 cm³/mol. The molecule has 1 aromatic heterocycles. The van der Waals surface area contributed by atoms with Crippen molar-refractivity contribution < 1.29 is 9.32 Å². The van der Waals surface area contributed by atoms with Crippen LogP contribution in [0.1, 0.15) is 34.1 Å². The highest BCUT2D eigenvalue weighted by Crippen LogP contribution is 2.47. The summed E-state index contributed by atoms with van der Waals surface area (Å²) in [5.74, 6) is -0.318. The number of aromatic amines is 1. The molecule has 4 rings (SSSR count). The molecule has 0 spiro atoms. The summed E-state index contributed by atoms with van der Waals surface area (Å²) in [6.45, 7) is 3.05. The van der Waals surface area contributed by atoms with Gasteiger partial charge in [-0.25, -0.2) is 4.79 Å². The molecule has 0 bridgehead atoms. The van der Waals surface area contributed by atoms with Gasteiger partial charge >= 0.3 is 5.76 Å². The number of benzene rings is 1. The van der Waals surface area contributed by atoms with Gasteiger partial charge in [-0.3, -0.25) is 19.2 Å². The van der Waals surface area contributed by atoms with Gasteiger partial charge in [0.25, 0.3) is 0 Å². The van der Waals surface area contributed by atoms with E-state index in [1.165, 1.54) is 0 Å². The Morgan fingerprint density at radius 2 is 2.27 bits per heavy atom. The minimum atomic E-state index is -0.587. The van der Waals surface area contributed by atoms with Crippen LogP contribution in [-0.4, -0.2) is 33.9 Å². The van der Waals surface area contributed by atoms with Crippen molar-refractivity contribution in [2.24, 2.45) is 5.92 Å². The summed E-state index contributed by atoms with van der Waals surface area (Å²) in [6.07, 6.45) is 0.675. The third-order valence-electron chi connectivity index (χ3n) is 4.21. The number of carbonyl (C=O) groups is 1.